The minimum absolute atomic E-state index is 0.201. The van der Waals surface area contributed by atoms with Gasteiger partial charge in [-0.05, 0) is 24.6 Å². The van der Waals surface area contributed by atoms with E-state index in [1.54, 1.807) is 12.1 Å². The third-order valence-electron chi connectivity index (χ3n) is 2.98. The minimum Gasteiger partial charge on any atom is -0.495 e. The third-order valence-corrected chi connectivity index (χ3v) is 4.47. The lowest BCUT2D eigenvalue weighted by atomic mass is 10.3. The lowest BCUT2D eigenvalue weighted by Gasteiger charge is -2.19. The quantitative estimate of drug-likeness (QED) is 0.672. The topological polar surface area (TPSA) is 84.9 Å². The molecule has 1 aromatic rings. The summed E-state index contributed by atoms with van der Waals surface area (Å²) < 4.78 is 34.6. The van der Waals surface area contributed by atoms with Crippen LogP contribution in [0.5, 0.6) is 5.75 Å². The summed E-state index contributed by atoms with van der Waals surface area (Å²) in [6.07, 6.45) is 1.56. The zero-order valence-corrected chi connectivity index (χ0v) is 14.9. The Hall–Kier alpha value is -1.35. The predicted molar refractivity (Wildman–Crippen MR) is 89.5 cm³/mol. The molecule has 0 aliphatic rings. The fourth-order valence-corrected chi connectivity index (χ4v) is 2.86. The predicted octanol–water partition coefficient (Wildman–Crippen LogP) is 1.59. The second-order valence-electron chi connectivity index (χ2n) is 4.84. The summed E-state index contributed by atoms with van der Waals surface area (Å²) in [5, 5.41) is 3.04. The first kappa shape index (κ1) is 19.7. The van der Waals surface area contributed by atoms with Crippen molar-refractivity contribution in [1.29, 1.82) is 0 Å². The van der Waals surface area contributed by atoms with E-state index >= 15 is 0 Å². The Bertz CT molecular complexity index is 636. The molecule has 0 spiro atoms. The highest BCUT2D eigenvalue weighted by Crippen LogP contribution is 2.27. The maximum atomic E-state index is 12.1. The summed E-state index contributed by atoms with van der Waals surface area (Å²) in [6, 6.07) is 4.78. The van der Waals surface area contributed by atoms with Gasteiger partial charge in [0.15, 0.2) is 0 Å². The van der Waals surface area contributed by atoms with E-state index in [9.17, 15) is 13.2 Å². The first-order valence-corrected chi connectivity index (χ1v) is 9.08. The first-order chi connectivity index (χ1) is 10.8. The van der Waals surface area contributed by atoms with E-state index in [0.29, 0.717) is 29.5 Å². The maximum Gasteiger partial charge on any atom is 0.239 e. The van der Waals surface area contributed by atoms with Crippen molar-refractivity contribution in [3.63, 3.8) is 0 Å². The van der Waals surface area contributed by atoms with E-state index in [2.05, 4.69) is 5.32 Å². The zero-order chi connectivity index (χ0) is 17.5. The largest absolute Gasteiger partial charge is 0.495 e. The Morgan fingerprint density at radius 3 is 2.61 bits per heavy atom. The van der Waals surface area contributed by atoms with Crippen LogP contribution in [0.25, 0.3) is 0 Å². The molecular weight excluding hydrogens is 344 g/mol. The smallest absolute Gasteiger partial charge is 0.239 e. The van der Waals surface area contributed by atoms with Crippen LogP contribution in [0.15, 0.2) is 18.2 Å². The van der Waals surface area contributed by atoms with Gasteiger partial charge in [0.2, 0.25) is 15.9 Å². The normalized spacial score (nSPS) is 11.5. The lowest BCUT2D eigenvalue weighted by molar-refractivity contribution is -0.116. The highest BCUT2D eigenvalue weighted by molar-refractivity contribution is 7.88. The van der Waals surface area contributed by atoms with E-state index in [1.165, 1.54) is 20.3 Å². The number of rotatable bonds is 9. The van der Waals surface area contributed by atoms with Crippen molar-refractivity contribution in [3.05, 3.63) is 23.2 Å². The van der Waals surface area contributed by atoms with Crippen molar-refractivity contribution in [3.8, 4) is 5.75 Å². The van der Waals surface area contributed by atoms with Crippen LogP contribution in [-0.2, 0) is 19.6 Å². The summed E-state index contributed by atoms with van der Waals surface area (Å²) in [5.74, 6) is -0.0403. The Morgan fingerprint density at radius 1 is 1.35 bits per heavy atom. The molecule has 0 saturated heterocycles. The number of anilines is 1. The molecule has 7 nitrogen and oxygen atoms in total. The van der Waals surface area contributed by atoms with Gasteiger partial charge in [0, 0.05) is 25.3 Å². The highest BCUT2D eigenvalue weighted by atomic mass is 35.5. The van der Waals surface area contributed by atoms with Crippen LogP contribution in [0.2, 0.25) is 5.02 Å². The number of hydrogen-bond donors (Lipinski definition) is 1. The van der Waals surface area contributed by atoms with Crippen LogP contribution in [-0.4, -0.2) is 58.8 Å². The average Bonchev–Trinajstić information content (AvgIpc) is 2.45. The maximum absolute atomic E-state index is 12.1. The van der Waals surface area contributed by atoms with Gasteiger partial charge in [-0.1, -0.05) is 11.6 Å². The number of halogens is 1. The zero-order valence-electron chi connectivity index (χ0n) is 13.3. The van der Waals surface area contributed by atoms with Gasteiger partial charge in [-0.15, -0.1) is 0 Å². The van der Waals surface area contributed by atoms with Crippen LogP contribution in [0.3, 0.4) is 0 Å². The molecule has 0 saturated carbocycles. The SMILES string of the molecule is COCCCN(CC(=O)Nc1cc(Cl)ccc1OC)S(C)(=O)=O. The molecule has 1 N–H and O–H groups in total. The molecule has 0 aromatic heterocycles. The molecule has 0 atom stereocenters. The number of sulfonamides is 1. The molecular formula is C14H21ClN2O5S. The number of carbonyl (C=O) groups is 1. The van der Waals surface area contributed by atoms with Crippen LogP contribution in [0.1, 0.15) is 6.42 Å². The number of amides is 1. The van der Waals surface area contributed by atoms with Crippen LogP contribution in [0, 0.1) is 0 Å². The summed E-state index contributed by atoms with van der Waals surface area (Å²) in [6.45, 7) is 0.320. The number of hydrogen-bond acceptors (Lipinski definition) is 5. The summed E-state index contributed by atoms with van der Waals surface area (Å²) in [4.78, 5) is 12.1. The fourth-order valence-electron chi connectivity index (χ4n) is 1.88. The molecule has 0 aliphatic heterocycles. The molecule has 0 unspecified atom stereocenters. The van der Waals surface area contributed by atoms with Crippen molar-refractivity contribution in [2.75, 3.05) is 45.5 Å². The molecule has 0 radical (unpaired) electrons. The van der Waals surface area contributed by atoms with Crippen molar-refractivity contribution in [1.82, 2.24) is 4.31 Å². The van der Waals surface area contributed by atoms with E-state index < -0.39 is 15.9 Å². The number of nitrogens with one attached hydrogen (secondary N) is 1. The van der Waals surface area contributed by atoms with Gasteiger partial charge in [0.1, 0.15) is 5.75 Å². The summed E-state index contributed by atoms with van der Waals surface area (Å²) in [5.41, 5.74) is 0.385. The molecule has 130 valence electrons. The van der Waals surface area contributed by atoms with Crippen molar-refractivity contribution in [2.45, 2.75) is 6.42 Å². The highest BCUT2D eigenvalue weighted by Gasteiger charge is 2.20. The molecule has 0 fully saturated rings. The van der Waals surface area contributed by atoms with Gasteiger partial charge in [-0.3, -0.25) is 4.79 Å². The van der Waals surface area contributed by atoms with Crippen LogP contribution in [0.4, 0.5) is 5.69 Å². The molecule has 1 amide bonds. The van der Waals surface area contributed by atoms with Gasteiger partial charge in [-0.2, -0.15) is 4.31 Å². The monoisotopic (exact) mass is 364 g/mol. The Morgan fingerprint density at radius 2 is 2.04 bits per heavy atom. The standard InChI is InChI=1S/C14H21ClN2O5S/c1-21-8-4-7-17(23(3,19)20)10-14(18)16-12-9-11(15)5-6-13(12)22-2/h5-6,9H,4,7-8,10H2,1-3H3,(H,16,18). The van der Waals surface area contributed by atoms with E-state index in [4.69, 9.17) is 21.1 Å². The Labute approximate surface area is 141 Å². The van der Waals surface area contributed by atoms with Crippen LogP contribution >= 0.6 is 11.6 Å². The minimum atomic E-state index is -3.50. The van der Waals surface area contributed by atoms with Crippen LogP contribution < -0.4 is 10.1 Å². The van der Waals surface area contributed by atoms with Gasteiger partial charge in [0.25, 0.3) is 0 Å². The second kappa shape index (κ2) is 9.07. The molecule has 0 aliphatic carbocycles. The van der Waals surface area contributed by atoms with E-state index in [-0.39, 0.29) is 13.1 Å². The number of benzene rings is 1. The second-order valence-corrected chi connectivity index (χ2v) is 7.25. The molecule has 0 heterocycles. The summed E-state index contributed by atoms with van der Waals surface area (Å²) in [7, 11) is -0.502. The van der Waals surface area contributed by atoms with Gasteiger partial charge < -0.3 is 14.8 Å². The number of carbonyl (C=O) groups excluding carboxylic acids is 1. The number of nitrogens with zero attached hydrogens (tertiary/aromatic N) is 1. The Balaban J connectivity index is 2.78. The molecule has 1 rings (SSSR count). The number of ether oxygens (including phenoxy) is 2. The van der Waals surface area contributed by atoms with Gasteiger partial charge in [0.05, 0.1) is 25.6 Å². The summed E-state index contributed by atoms with van der Waals surface area (Å²) >= 11 is 5.89. The van der Waals surface area contributed by atoms with Crippen molar-refractivity contribution < 1.29 is 22.7 Å². The van der Waals surface area contributed by atoms with Gasteiger partial charge in [-0.25, -0.2) is 8.42 Å². The lowest BCUT2D eigenvalue weighted by Crippen LogP contribution is -2.38. The Kier molecular flexibility index (Phi) is 7.77. The molecule has 1 aromatic carbocycles. The average molecular weight is 365 g/mol. The van der Waals surface area contributed by atoms with Crippen molar-refractivity contribution >= 4 is 33.2 Å². The number of methoxy groups -OCH3 is 2. The fraction of sp³-hybridized carbons (Fsp3) is 0.500. The van der Waals surface area contributed by atoms with Crippen molar-refractivity contribution in [2.24, 2.45) is 0 Å². The molecule has 0 bridgehead atoms. The van der Waals surface area contributed by atoms with E-state index in [0.717, 1.165) is 10.6 Å². The first-order valence-electron chi connectivity index (χ1n) is 6.85. The third kappa shape index (κ3) is 6.74. The van der Waals surface area contributed by atoms with E-state index in [1.807, 2.05) is 0 Å². The molecule has 23 heavy (non-hydrogen) atoms. The molecule has 9 heteroatoms. The van der Waals surface area contributed by atoms with Gasteiger partial charge >= 0.3 is 0 Å².